The molecular formula is C8H11NS. The molecule has 2 heteroatoms. The SMILES string of the molecule is NCC1=C(S)C=CC=CC1. The molecule has 0 amide bonds. The summed E-state index contributed by atoms with van der Waals surface area (Å²) in [6, 6.07) is 0. The quantitative estimate of drug-likeness (QED) is 0.550. The van der Waals surface area contributed by atoms with E-state index in [-0.39, 0.29) is 0 Å². The second kappa shape index (κ2) is 3.64. The Hall–Kier alpha value is -0.470. The Morgan fingerprint density at radius 3 is 3.00 bits per heavy atom. The predicted molar refractivity (Wildman–Crippen MR) is 48.0 cm³/mol. The first-order valence-corrected chi connectivity index (χ1v) is 3.73. The Kier molecular flexibility index (Phi) is 2.78. The summed E-state index contributed by atoms with van der Waals surface area (Å²) in [7, 11) is 0. The third kappa shape index (κ3) is 1.75. The largest absolute Gasteiger partial charge is 0.327 e. The van der Waals surface area contributed by atoms with Gasteiger partial charge in [-0.1, -0.05) is 18.2 Å². The highest BCUT2D eigenvalue weighted by atomic mass is 32.1. The lowest BCUT2D eigenvalue weighted by Gasteiger charge is -2.00. The van der Waals surface area contributed by atoms with Gasteiger partial charge in [0.05, 0.1) is 0 Å². The summed E-state index contributed by atoms with van der Waals surface area (Å²) in [6.45, 7) is 0.605. The highest BCUT2D eigenvalue weighted by Gasteiger charge is 1.97. The van der Waals surface area contributed by atoms with Crippen molar-refractivity contribution in [2.75, 3.05) is 6.54 Å². The standard InChI is InChI=1S/C8H11NS/c9-6-7-4-2-1-3-5-8(7)10/h1-3,5,10H,4,6,9H2. The third-order valence-corrected chi connectivity index (χ3v) is 1.94. The molecular weight excluding hydrogens is 142 g/mol. The summed E-state index contributed by atoms with van der Waals surface area (Å²) in [5.41, 5.74) is 6.69. The van der Waals surface area contributed by atoms with Gasteiger partial charge in [-0.3, -0.25) is 0 Å². The van der Waals surface area contributed by atoms with Crippen LogP contribution in [0.1, 0.15) is 6.42 Å². The summed E-state index contributed by atoms with van der Waals surface area (Å²) in [4.78, 5) is 1.01. The average Bonchev–Trinajstić information content (AvgIpc) is 2.13. The summed E-state index contributed by atoms with van der Waals surface area (Å²) in [5.74, 6) is 0. The van der Waals surface area contributed by atoms with Gasteiger partial charge in [-0.15, -0.1) is 12.6 Å². The van der Waals surface area contributed by atoms with E-state index in [1.54, 1.807) is 0 Å². The van der Waals surface area contributed by atoms with Crippen molar-refractivity contribution in [2.24, 2.45) is 5.73 Å². The van der Waals surface area contributed by atoms with Gasteiger partial charge in [0, 0.05) is 11.4 Å². The molecule has 0 radical (unpaired) electrons. The van der Waals surface area contributed by atoms with Gasteiger partial charge >= 0.3 is 0 Å². The number of rotatable bonds is 1. The van der Waals surface area contributed by atoms with Crippen molar-refractivity contribution in [3.05, 3.63) is 34.8 Å². The lowest BCUT2D eigenvalue weighted by Crippen LogP contribution is -2.03. The molecule has 0 aromatic carbocycles. The maximum absolute atomic E-state index is 5.49. The van der Waals surface area contributed by atoms with Crippen LogP contribution in [-0.4, -0.2) is 6.54 Å². The van der Waals surface area contributed by atoms with Crippen LogP contribution in [0.4, 0.5) is 0 Å². The van der Waals surface area contributed by atoms with Crippen molar-refractivity contribution in [2.45, 2.75) is 6.42 Å². The number of hydrogen-bond donors (Lipinski definition) is 2. The van der Waals surface area contributed by atoms with Crippen molar-refractivity contribution in [1.29, 1.82) is 0 Å². The average molecular weight is 153 g/mol. The molecule has 10 heavy (non-hydrogen) atoms. The fourth-order valence-electron chi connectivity index (χ4n) is 0.846. The summed E-state index contributed by atoms with van der Waals surface area (Å²) >= 11 is 4.28. The molecule has 0 bridgehead atoms. The highest BCUT2D eigenvalue weighted by Crippen LogP contribution is 2.15. The first-order valence-electron chi connectivity index (χ1n) is 3.29. The van der Waals surface area contributed by atoms with Gasteiger partial charge in [0.15, 0.2) is 0 Å². The molecule has 1 aliphatic rings. The molecule has 1 aliphatic carbocycles. The fourth-order valence-corrected chi connectivity index (χ4v) is 1.11. The van der Waals surface area contributed by atoms with Crippen LogP contribution in [0.5, 0.6) is 0 Å². The second-order valence-corrected chi connectivity index (χ2v) is 2.67. The van der Waals surface area contributed by atoms with E-state index in [2.05, 4.69) is 18.7 Å². The zero-order chi connectivity index (χ0) is 7.40. The van der Waals surface area contributed by atoms with Gasteiger partial charge in [0.1, 0.15) is 0 Å². The Bertz CT molecular complexity index is 201. The zero-order valence-corrected chi connectivity index (χ0v) is 6.64. The Labute approximate surface area is 66.7 Å². The van der Waals surface area contributed by atoms with Crippen LogP contribution in [0.15, 0.2) is 34.8 Å². The van der Waals surface area contributed by atoms with Crippen molar-refractivity contribution in [1.82, 2.24) is 0 Å². The Morgan fingerprint density at radius 1 is 1.50 bits per heavy atom. The lowest BCUT2D eigenvalue weighted by molar-refractivity contribution is 1.07. The lowest BCUT2D eigenvalue weighted by atomic mass is 10.2. The minimum Gasteiger partial charge on any atom is -0.327 e. The van der Waals surface area contributed by atoms with E-state index in [4.69, 9.17) is 5.73 Å². The van der Waals surface area contributed by atoms with Crippen molar-refractivity contribution < 1.29 is 0 Å². The normalized spacial score (nSPS) is 17.8. The summed E-state index contributed by atoms with van der Waals surface area (Å²) in [6.07, 6.45) is 8.98. The van der Waals surface area contributed by atoms with Gasteiger partial charge in [0.2, 0.25) is 0 Å². The van der Waals surface area contributed by atoms with E-state index in [0.29, 0.717) is 6.54 Å². The smallest absolute Gasteiger partial charge is 0.0154 e. The van der Waals surface area contributed by atoms with Crippen LogP contribution in [0, 0.1) is 0 Å². The van der Waals surface area contributed by atoms with Gasteiger partial charge < -0.3 is 5.73 Å². The molecule has 0 aromatic heterocycles. The van der Waals surface area contributed by atoms with Crippen molar-refractivity contribution in [3.63, 3.8) is 0 Å². The van der Waals surface area contributed by atoms with Crippen molar-refractivity contribution in [3.8, 4) is 0 Å². The molecule has 1 nitrogen and oxygen atoms in total. The molecule has 0 fully saturated rings. The molecule has 0 unspecified atom stereocenters. The number of hydrogen-bond acceptors (Lipinski definition) is 2. The monoisotopic (exact) mass is 153 g/mol. The van der Waals surface area contributed by atoms with Gasteiger partial charge in [-0.2, -0.15) is 0 Å². The molecule has 0 saturated carbocycles. The van der Waals surface area contributed by atoms with Crippen LogP contribution in [0.2, 0.25) is 0 Å². The van der Waals surface area contributed by atoms with Gasteiger partial charge in [-0.25, -0.2) is 0 Å². The third-order valence-electron chi connectivity index (χ3n) is 1.47. The van der Waals surface area contributed by atoms with Gasteiger partial charge in [0.25, 0.3) is 0 Å². The van der Waals surface area contributed by atoms with Gasteiger partial charge in [-0.05, 0) is 18.1 Å². The maximum Gasteiger partial charge on any atom is 0.0154 e. The molecule has 0 saturated heterocycles. The van der Waals surface area contributed by atoms with E-state index in [1.165, 1.54) is 5.57 Å². The molecule has 2 N–H and O–H groups in total. The molecule has 54 valence electrons. The number of nitrogens with two attached hydrogens (primary N) is 1. The molecule has 1 rings (SSSR count). The Balaban J connectivity index is 2.82. The minimum atomic E-state index is 0.605. The molecule has 0 spiro atoms. The van der Waals surface area contributed by atoms with Crippen molar-refractivity contribution >= 4 is 12.6 Å². The highest BCUT2D eigenvalue weighted by molar-refractivity contribution is 7.84. The Morgan fingerprint density at radius 2 is 2.30 bits per heavy atom. The van der Waals surface area contributed by atoms with Crippen LogP contribution in [0.25, 0.3) is 0 Å². The molecule has 0 aromatic rings. The van der Waals surface area contributed by atoms with Crippen LogP contribution >= 0.6 is 12.6 Å². The molecule has 0 atom stereocenters. The first kappa shape index (κ1) is 7.63. The van der Waals surface area contributed by atoms with Crippen LogP contribution in [-0.2, 0) is 0 Å². The second-order valence-electron chi connectivity index (χ2n) is 2.18. The molecule has 0 heterocycles. The first-order chi connectivity index (χ1) is 4.84. The zero-order valence-electron chi connectivity index (χ0n) is 5.75. The fraction of sp³-hybridized carbons (Fsp3) is 0.250. The minimum absolute atomic E-state index is 0.605. The van der Waals surface area contributed by atoms with E-state index in [1.807, 2.05) is 18.2 Å². The van der Waals surface area contributed by atoms with E-state index in [0.717, 1.165) is 11.3 Å². The van der Waals surface area contributed by atoms with Crippen LogP contribution < -0.4 is 5.73 Å². The summed E-state index contributed by atoms with van der Waals surface area (Å²) < 4.78 is 0. The van der Waals surface area contributed by atoms with E-state index in [9.17, 15) is 0 Å². The number of allylic oxidation sites excluding steroid dienone is 4. The predicted octanol–water partition coefficient (Wildman–Crippen LogP) is 1.65. The molecule has 0 aliphatic heterocycles. The summed E-state index contributed by atoms with van der Waals surface area (Å²) in [5, 5.41) is 0. The van der Waals surface area contributed by atoms with Crippen LogP contribution in [0.3, 0.4) is 0 Å². The number of thiol groups is 1. The van der Waals surface area contributed by atoms with E-state index >= 15 is 0 Å². The maximum atomic E-state index is 5.49. The van der Waals surface area contributed by atoms with E-state index < -0.39 is 0 Å². The topological polar surface area (TPSA) is 26.0 Å².